The molecule has 0 fully saturated rings. The highest BCUT2D eigenvalue weighted by atomic mass is 16.3. The predicted molar refractivity (Wildman–Crippen MR) is 121 cm³/mol. The van der Waals surface area contributed by atoms with Crippen LogP contribution in [0.3, 0.4) is 0 Å². The van der Waals surface area contributed by atoms with Crippen LogP contribution in [0.5, 0.6) is 0 Å². The zero-order valence-corrected chi connectivity index (χ0v) is 19.9. The molecule has 0 aromatic heterocycles. The van der Waals surface area contributed by atoms with Gasteiger partial charge in [0.15, 0.2) is 5.78 Å². The lowest BCUT2D eigenvalue weighted by atomic mass is 9.84. The Bertz CT molecular complexity index is 523. The van der Waals surface area contributed by atoms with Crippen LogP contribution in [0.4, 0.5) is 0 Å². The largest absolute Gasteiger partial charge is 0.390 e. The molecule has 0 saturated carbocycles. The zero-order valence-electron chi connectivity index (χ0n) is 19.9. The van der Waals surface area contributed by atoms with Crippen molar-refractivity contribution >= 4 is 18.0 Å². The first kappa shape index (κ1) is 28.7. The summed E-state index contributed by atoms with van der Waals surface area (Å²) >= 11 is 0. The summed E-state index contributed by atoms with van der Waals surface area (Å²) < 4.78 is 0. The Labute approximate surface area is 182 Å². The summed E-state index contributed by atoms with van der Waals surface area (Å²) in [6.07, 6.45) is 3.96. The number of Topliss-reactive ketones (excluding diaryl/α,β-unsaturated/α-hetero) is 1. The van der Waals surface area contributed by atoms with Crippen molar-refractivity contribution in [1.29, 1.82) is 0 Å². The zero-order chi connectivity index (χ0) is 23.4. The third kappa shape index (κ3) is 9.67. The molecule has 1 radical (unpaired) electrons. The van der Waals surface area contributed by atoms with Crippen molar-refractivity contribution in [2.45, 2.75) is 98.4 Å². The maximum Gasteiger partial charge on any atom is 0.237 e. The molecule has 0 aliphatic carbocycles. The molecule has 5 N–H and O–H groups in total. The minimum atomic E-state index is -1.39. The lowest BCUT2D eigenvalue weighted by Crippen LogP contribution is -2.57. The van der Waals surface area contributed by atoms with E-state index in [4.69, 9.17) is 5.73 Å². The Morgan fingerprint density at radius 1 is 1.00 bits per heavy atom. The van der Waals surface area contributed by atoms with E-state index in [1.807, 2.05) is 27.7 Å². The second-order valence-electron chi connectivity index (χ2n) is 9.40. The van der Waals surface area contributed by atoms with E-state index in [9.17, 15) is 19.5 Å². The molecule has 7 heteroatoms. The predicted octanol–water partition coefficient (Wildman–Crippen LogP) is 1.96. The Hall–Kier alpha value is -1.31. The van der Waals surface area contributed by atoms with Crippen LogP contribution in [0.25, 0.3) is 0 Å². The molecule has 175 valence electrons. The monoisotopic (exact) mass is 426 g/mol. The van der Waals surface area contributed by atoms with Crippen molar-refractivity contribution in [3.8, 4) is 0 Å². The number of nitrogens with one attached hydrogen (secondary N) is 2. The molecule has 0 aromatic carbocycles. The molecule has 5 unspecified atom stereocenters. The van der Waals surface area contributed by atoms with Crippen molar-refractivity contribution in [1.82, 2.24) is 10.6 Å². The van der Waals surface area contributed by atoms with Crippen LogP contribution in [-0.4, -0.2) is 53.9 Å². The third-order valence-corrected chi connectivity index (χ3v) is 5.32. The van der Waals surface area contributed by atoms with Crippen molar-refractivity contribution < 1.29 is 19.5 Å². The van der Waals surface area contributed by atoms with Gasteiger partial charge in [0.05, 0.1) is 18.2 Å². The van der Waals surface area contributed by atoms with E-state index >= 15 is 0 Å². The van der Waals surface area contributed by atoms with Gasteiger partial charge in [-0.15, -0.1) is 0 Å². The molecule has 0 bridgehead atoms. The molecule has 30 heavy (non-hydrogen) atoms. The number of aliphatic hydroxyl groups excluding tert-OH is 1. The molecule has 0 aliphatic heterocycles. The van der Waals surface area contributed by atoms with Gasteiger partial charge in [-0.25, -0.2) is 0 Å². The van der Waals surface area contributed by atoms with Crippen molar-refractivity contribution in [3.63, 3.8) is 0 Å². The average Bonchev–Trinajstić information content (AvgIpc) is 2.64. The SMILES string of the molecule is CCCCCNC(C(=O)NC(C(=O)C([C]=O)C(O)C(N)CC(C)C)C(C)C)C(C)C. The van der Waals surface area contributed by atoms with Gasteiger partial charge in [-0.1, -0.05) is 61.3 Å². The van der Waals surface area contributed by atoms with Gasteiger partial charge >= 0.3 is 0 Å². The van der Waals surface area contributed by atoms with Crippen LogP contribution >= 0.6 is 0 Å². The Kier molecular flexibility index (Phi) is 14.0. The number of aliphatic hydroxyl groups is 1. The maximum absolute atomic E-state index is 13.1. The number of rotatable bonds is 16. The van der Waals surface area contributed by atoms with E-state index in [-0.39, 0.29) is 23.7 Å². The van der Waals surface area contributed by atoms with Crippen molar-refractivity contribution in [3.05, 3.63) is 0 Å². The van der Waals surface area contributed by atoms with Crippen molar-refractivity contribution in [2.24, 2.45) is 29.4 Å². The van der Waals surface area contributed by atoms with E-state index < -0.39 is 35.9 Å². The fraction of sp³-hybridized carbons (Fsp3) is 0.870. The molecular formula is C23H44N3O4. The fourth-order valence-corrected chi connectivity index (χ4v) is 3.49. The molecule has 0 rings (SSSR count). The highest BCUT2D eigenvalue weighted by Crippen LogP contribution is 2.17. The molecule has 0 aliphatic rings. The number of ketones is 1. The van der Waals surface area contributed by atoms with Gasteiger partial charge in [-0.2, -0.15) is 0 Å². The van der Waals surface area contributed by atoms with Crippen LogP contribution in [0, 0.1) is 23.7 Å². The first-order valence-electron chi connectivity index (χ1n) is 11.4. The molecule has 0 heterocycles. The number of hydrogen-bond acceptors (Lipinski definition) is 6. The quantitative estimate of drug-likeness (QED) is 0.221. The number of unbranched alkanes of at least 4 members (excludes halogenated alkanes) is 2. The van der Waals surface area contributed by atoms with Gasteiger partial charge < -0.3 is 21.5 Å². The molecule has 0 aromatic rings. The second-order valence-corrected chi connectivity index (χ2v) is 9.40. The molecule has 0 spiro atoms. The van der Waals surface area contributed by atoms with E-state index in [2.05, 4.69) is 17.6 Å². The van der Waals surface area contributed by atoms with Gasteiger partial charge in [0, 0.05) is 6.04 Å². The highest BCUT2D eigenvalue weighted by molar-refractivity contribution is 6.00. The van der Waals surface area contributed by atoms with E-state index in [0.717, 1.165) is 25.8 Å². The lowest BCUT2D eigenvalue weighted by molar-refractivity contribution is -0.133. The second kappa shape index (κ2) is 14.7. The summed E-state index contributed by atoms with van der Waals surface area (Å²) in [5.74, 6) is -2.22. The van der Waals surface area contributed by atoms with Gasteiger partial charge in [-0.05, 0) is 37.1 Å². The van der Waals surface area contributed by atoms with Crippen LogP contribution in [0.15, 0.2) is 0 Å². The van der Waals surface area contributed by atoms with Crippen LogP contribution in [0.1, 0.15) is 74.1 Å². The minimum Gasteiger partial charge on any atom is -0.390 e. The first-order valence-corrected chi connectivity index (χ1v) is 11.4. The number of amides is 1. The van der Waals surface area contributed by atoms with Crippen LogP contribution in [0.2, 0.25) is 0 Å². The first-order chi connectivity index (χ1) is 14.0. The minimum absolute atomic E-state index is 0.0352. The Balaban J connectivity index is 5.32. The summed E-state index contributed by atoms with van der Waals surface area (Å²) in [6.45, 7) is 14.2. The van der Waals surface area contributed by atoms with Gasteiger partial charge in [-0.3, -0.25) is 14.4 Å². The molecule has 7 nitrogen and oxygen atoms in total. The molecule has 0 saturated heterocycles. The topological polar surface area (TPSA) is 122 Å². The summed E-state index contributed by atoms with van der Waals surface area (Å²) in [5.41, 5.74) is 6.00. The number of carbonyl (C=O) groups excluding carboxylic acids is 3. The number of nitrogens with two attached hydrogens (primary N) is 1. The normalized spacial score (nSPS) is 16.9. The Morgan fingerprint density at radius 2 is 1.57 bits per heavy atom. The summed E-state index contributed by atoms with van der Waals surface area (Å²) in [4.78, 5) is 37.5. The van der Waals surface area contributed by atoms with E-state index in [1.54, 1.807) is 20.1 Å². The van der Waals surface area contributed by atoms with Gasteiger partial charge in [0.2, 0.25) is 12.2 Å². The van der Waals surface area contributed by atoms with Crippen LogP contribution < -0.4 is 16.4 Å². The standard InChI is InChI=1S/C23H44N3O4/c1-8-9-10-11-25-20(16(6)7)23(30)26-19(15(4)5)22(29)17(13-27)21(28)18(24)12-14(2)3/h14-21,25,28H,8-12,24H2,1-7H3,(H,26,30). The molecule has 5 atom stereocenters. The third-order valence-electron chi connectivity index (χ3n) is 5.32. The smallest absolute Gasteiger partial charge is 0.237 e. The van der Waals surface area contributed by atoms with Crippen LogP contribution in [-0.2, 0) is 14.4 Å². The molecule has 1 amide bonds. The highest BCUT2D eigenvalue weighted by Gasteiger charge is 2.38. The number of hydrogen-bond donors (Lipinski definition) is 4. The fourth-order valence-electron chi connectivity index (χ4n) is 3.49. The van der Waals surface area contributed by atoms with E-state index in [1.165, 1.54) is 0 Å². The lowest BCUT2D eigenvalue weighted by Gasteiger charge is -2.30. The summed E-state index contributed by atoms with van der Waals surface area (Å²) in [7, 11) is 0. The summed E-state index contributed by atoms with van der Waals surface area (Å²) in [6, 6.07) is -2.06. The molecular weight excluding hydrogens is 382 g/mol. The number of carbonyl (C=O) groups is 2. The maximum atomic E-state index is 13.1. The van der Waals surface area contributed by atoms with Gasteiger partial charge in [0.1, 0.15) is 5.92 Å². The average molecular weight is 427 g/mol. The van der Waals surface area contributed by atoms with E-state index in [0.29, 0.717) is 6.42 Å². The van der Waals surface area contributed by atoms with Crippen molar-refractivity contribution in [2.75, 3.05) is 6.54 Å². The summed E-state index contributed by atoms with van der Waals surface area (Å²) in [5, 5.41) is 16.6. The van der Waals surface area contributed by atoms with Gasteiger partial charge in [0.25, 0.3) is 0 Å². The Morgan fingerprint density at radius 3 is 2.00 bits per heavy atom.